The average Bonchev–Trinajstić information content (AvgIpc) is 2.90. The van der Waals surface area contributed by atoms with Crippen LogP contribution < -0.4 is 5.32 Å². The number of aliphatic carboxylic acids is 1. The molecule has 2 rings (SSSR count). The number of amides is 1. The summed E-state index contributed by atoms with van der Waals surface area (Å²) in [4.78, 5) is 23.6. The summed E-state index contributed by atoms with van der Waals surface area (Å²) in [5, 5.41) is 12.1. The van der Waals surface area contributed by atoms with Gasteiger partial charge in [-0.3, -0.25) is 9.59 Å². The highest BCUT2D eigenvalue weighted by Crippen LogP contribution is 2.25. The molecule has 0 bridgehead atoms. The van der Waals surface area contributed by atoms with E-state index >= 15 is 0 Å². The maximum absolute atomic E-state index is 12.0. The fourth-order valence-corrected chi connectivity index (χ4v) is 5.99. The molecule has 1 amide bonds. The Balaban J connectivity index is 1.88. The molecule has 0 spiro atoms. The van der Waals surface area contributed by atoms with Crippen LogP contribution in [0.5, 0.6) is 0 Å². The number of nitrogens with one attached hydrogen (secondary N) is 1. The first kappa shape index (κ1) is 18.8. The van der Waals surface area contributed by atoms with E-state index in [1.54, 1.807) is 37.3 Å². The second kappa shape index (κ2) is 7.57. The standard InChI is InChI=1S/C16H21NO5S2/c1-16(15(19)20,12-5-3-2-4-6-12)11-17-14(18)9-23-13-7-8-24(21,22)10-13/h2-6,13H,7-11H2,1H3,(H,17,18)(H,19,20). The summed E-state index contributed by atoms with van der Waals surface area (Å²) >= 11 is 1.31. The van der Waals surface area contributed by atoms with Crippen molar-refractivity contribution in [1.29, 1.82) is 0 Å². The van der Waals surface area contributed by atoms with Crippen LogP contribution in [0.2, 0.25) is 0 Å². The van der Waals surface area contributed by atoms with Gasteiger partial charge < -0.3 is 10.4 Å². The molecular weight excluding hydrogens is 350 g/mol. The van der Waals surface area contributed by atoms with Crippen LogP contribution in [0.4, 0.5) is 0 Å². The molecule has 6 nitrogen and oxygen atoms in total. The second-order valence-electron chi connectivity index (χ2n) is 6.12. The van der Waals surface area contributed by atoms with Crippen LogP contribution in [0.25, 0.3) is 0 Å². The highest BCUT2D eigenvalue weighted by atomic mass is 32.2. The molecule has 0 aromatic heterocycles. The van der Waals surface area contributed by atoms with Gasteiger partial charge in [0.05, 0.1) is 17.3 Å². The zero-order valence-corrected chi connectivity index (χ0v) is 15.0. The van der Waals surface area contributed by atoms with Gasteiger partial charge in [0.1, 0.15) is 5.41 Å². The molecule has 132 valence electrons. The number of sulfone groups is 1. The van der Waals surface area contributed by atoms with Crippen LogP contribution in [-0.2, 0) is 24.8 Å². The Morgan fingerprint density at radius 1 is 1.33 bits per heavy atom. The topological polar surface area (TPSA) is 101 Å². The van der Waals surface area contributed by atoms with Gasteiger partial charge in [0.15, 0.2) is 9.84 Å². The van der Waals surface area contributed by atoms with E-state index in [1.807, 2.05) is 0 Å². The fourth-order valence-electron chi connectivity index (χ4n) is 2.52. The largest absolute Gasteiger partial charge is 0.481 e. The van der Waals surface area contributed by atoms with Crippen LogP contribution in [-0.4, -0.2) is 54.5 Å². The fraction of sp³-hybridized carbons (Fsp3) is 0.500. The minimum Gasteiger partial charge on any atom is -0.481 e. The van der Waals surface area contributed by atoms with Crippen LogP contribution in [0.15, 0.2) is 30.3 Å². The van der Waals surface area contributed by atoms with Gasteiger partial charge in [-0.2, -0.15) is 0 Å². The molecule has 1 aliphatic rings. The molecule has 0 radical (unpaired) electrons. The zero-order chi connectivity index (χ0) is 17.8. The summed E-state index contributed by atoms with van der Waals surface area (Å²) < 4.78 is 22.8. The van der Waals surface area contributed by atoms with Gasteiger partial charge in [0.2, 0.25) is 5.91 Å². The zero-order valence-electron chi connectivity index (χ0n) is 13.4. The molecule has 2 unspecified atom stereocenters. The van der Waals surface area contributed by atoms with Crippen molar-refractivity contribution >= 4 is 33.5 Å². The maximum atomic E-state index is 12.0. The number of hydrogen-bond donors (Lipinski definition) is 2. The van der Waals surface area contributed by atoms with E-state index in [-0.39, 0.29) is 35.0 Å². The number of carboxylic acid groups (broad SMARTS) is 1. The smallest absolute Gasteiger partial charge is 0.315 e. The average molecular weight is 371 g/mol. The third-order valence-electron chi connectivity index (χ3n) is 4.16. The minimum absolute atomic E-state index is 0.0191. The van der Waals surface area contributed by atoms with Crippen molar-refractivity contribution in [2.24, 2.45) is 0 Å². The van der Waals surface area contributed by atoms with E-state index in [4.69, 9.17) is 0 Å². The van der Waals surface area contributed by atoms with E-state index in [0.717, 1.165) is 0 Å². The molecule has 0 saturated carbocycles. The first-order chi connectivity index (χ1) is 11.2. The number of carboxylic acids is 1. The number of thioether (sulfide) groups is 1. The Bertz CT molecular complexity index is 704. The quantitative estimate of drug-likeness (QED) is 0.743. The van der Waals surface area contributed by atoms with Crippen molar-refractivity contribution in [3.8, 4) is 0 Å². The normalized spacial score (nSPS) is 21.8. The highest BCUT2D eigenvalue weighted by Gasteiger charge is 2.35. The molecule has 0 aliphatic carbocycles. The van der Waals surface area contributed by atoms with Gasteiger partial charge in [-0.05, 0) is 18.9 Å². The van der Waals surface area contributed by atoms with Gasteiger partial charge in [0, 0.05) is 11.8 Å². The third kappa shape index (κ3) is 4.73. The van der Waals surface area contributed by atoms with Crippen LogP contribution in [0, 0.1) is 0 Å². The van der Waals surface area contributed by atoms with Crippen LogP contribution in [0.1, 0.15) is 18.9 Å². The monoisotopic (exact) mass is 371 g/mol. The first-order valence-electron chi connectivity index (χ1n) is 7.60. The third-order valence-corrected chi connectivity index (χ3v) is 7.44. The number of carbonyl (C=O) groups is 2. The Kier molecular flexibility index (Phi) is 5.92. The van der Waals surface area contributed by atoms with Crippen molar-refractivity contribution in [3.05, 3.63) is 35.9 Å². The molecule has 24 heavy (non-hydrogen) atoms. The van der Waals surface area contributed by atoms with E-state index in [2.05, 4.69) is 5.32 Å². The molecule has 2 atom stereocenters. The van der Waals surface area contributed by atoms with Gasteiger partial charge in [-0.25, -0.2) is 8.42 Å². The summed E-state index contributed by atoms with van der Waals surface area (Å²) in [5.41, 5.74) is -0.592. The molecule has 8 heteroatoms. The number of carbonyl (C=O) groups excluding carboxylic acids is 1. The minimum atomic E-state index is -2.96. The highest BCUT2D eigenvalue weighted by molar-refractivity contribution is 8.02. The van der Waals surface area contributed by atoms with Gasteiger partial charge in [0.25, 0.3) is 0 Å². The molecule has 1 saturated heterocycles. The Hall–Kier alpha value is -1.54. The van der Waals surface area contributed by atoms with Gasteiger partial charge in [-0.1, -0.05) is 30.3 Å². The van der Waals surface area contributed by atoms with Gasteiger partial charge in [-0.15, -0.1) is 11.8 Å². The Labute approximate surface area is 145 Å². The van der Waals surface area contributed by atoms with Crippen molar-refractivity contribution in [3.63, 3.8) is 0 Å². The Morgan fingerprint density at radius 2 is 2.00 bits per heavy atom. The number of hydrogen-bond acceptors (Lipinski definition) is 5. The number of benzene rings is 1. The first-order valence-corrected chi connectivity index (χ1v) is 10.5. The summed E-state index contributed by atoms with van der Waals surface area (Å²) in [7, 11) is -2.96. The van der Waals surface area contributed by atoms with E-state index in [9.17, 15) is 23.1 Å². The molecule has 1 aromatic carbocycles. The molecule has 1 aliphatic heterocycles. The summed E-state index contributed by atoms with van der Waals surface area (Å²) in [6.07, 6.45) is 0.567. The van der Waals surface area contributed by atoms with Gasteiger partial charge >= 0.3 is 5.97 Å². The van der Waals surface area contributed by atoms with E-state index < -0.39 is 21.2 Å². The van der Waals surface area contributed by atoms with Crippen LogP contribution >= 0.6 is 11.8 Å². The maximum Gasteiger partial charge on any atom is 0.315 e. The Morgan fingerprint density at radius 3 is 2.54 bits per heavy atom. The van der Waals surface area contributed by atoms with E-state index in [0.29, 0.717) is 12.0 Å². The lowest BCUT2D eigenvalue weighted by molar-refractivity contribution is -0.143. The van der Waals surface area contributed by atoms with Crippen molar-refractivity contribution in [2.45, 2.75) is 24.0 Å². The summed E-state index contributed by atoms with van der Waals surface area (Å²) in [5.74, 6) is -0.875. The lowest BCUT2D eigenvalue weighted by atomic mass is 9.82. The summed E-state index contributed by atoms with van der Waals surface area (Å²) in [6, 6.07) is 8.76. The predicted octanol–water partition coefficient (Wildman–Crippen LogP) is 1.07. The molecule has 1 aromatic rings. The molecule has 1 fully saturated rings. The molecule has 1 heterocycles. The molecule has 2 N–H and O–H groups in total. The van der Waals surface area contributed by atoms with Crippen LogP contribution in [0.3, 0.4) is 0 Å². The number of rotatable bonds is 7. The van der Waals surface area contributed by atoms with Crippen molar-refractivity contribution in [1.82, 2.24) is 5.32 Å². The van der Waals surface area contributed by atoms with Crippen molar-refractivity contribution in [2.75, 3.05) is 23.8 Å². The lowest BCUT2D eigenvalue weighted by Gasteiger charge is -2.25. The second-order valence-corrected chi connectivity index (χ2v) is 9.63. The lowest BCUT2D eigenvalue weighted by Crippen LogP contribution is -2.45. The predicted molar refractivity (Wildman–Crippen MR) is 94.0 cm³/mol. The molecular formula is C16H21NO5S2. The SMILES string of the molecule is CC(CNC(=O)CSC1CCS(=O)(=O)C1)(C(=O)O)c1ccccc1. The summed E-state index contributed by atoms with van der Waals surface area (Å²) in [6.45, 7) is 1.55. The van der Waals surface area contributed by atoms with Crippen molar-refractivity contribution < 1.29 is 23.1 Å². The van der Waals surface area contributed by atoms with E-state index in [1.165, 1.54) is 11.8 Å².